The Labute approximate surface area is 196 Å². The molecule has 0 radical (unpaired) electrons. The van der Waals surface area contributed by atoms with Crippen LogP contribution < -0.4 is 4.74 Å². The van der Waals surface area contributed by atoms with Crippen LogP contribution in [0.1, 0.15) is 55.8 Å². The molecule has 2 aromatic rings. The van der Waals surface area contributed by atoms with Gasteiger partial charge in [0.25, 0.3) is 0 Å². The molecule has 1 aliphatic heterocycles. The van der Waals surface area contributed by atoms with Crippen molar-refractivity contribution in [1.82, 2.24) is 4.90 Å². The van der Waals surface area contributed by atoms with Gasteiger partial charge in [-0.05, 0) is 25.3 Å². The quantitative estimate of drug-likeness (QED) is 0.339. The van der Waals surface area contributed by atoms with E-state index in [1.54, 1.807) is 12.1 Å². The number of methoxy groups -OCH3 is 1. The zero-order valence-electron chi connectivity index (χ0n) is 18.9. The third kappa shape index (κ3) is 3.33. The van der Waals surface area contributed by atoms with Gasteiger partial charge >= 0.3 is 0 Å². The molecule has 2 aliphatic carbocycles. The molecule has 2 atom stereocenters. The number of carbonyl (C=O) groups is 2. The number of benzene rings is 2. The van der Waals surface area contributed by atoms with Crippen molar-refractivity contribution >= 4 is 11.6 Å². The normalized spacial score (nSPS) is 22.7. The Kier molecular flexibility index (Phi) is 5.47. The van der Waals surface area contributed by atoms with Gasteiger partial charge in [0.05, 0.1) is 35.5 Å². The van der Waals surface area contributed by atoms with Crippen LogP contribution in [0.25, 0.3) is 0 Å². The molecule has 178 valence electrons. The van der Waals surface area contributed by atoms with Crippen molar-refractivity contribution in [3.8, 4) is 17.2 Å². The molecule has 0 saturated heterocycles. The molecule has 0 amide bonds. The predicted molar refractivity (Wildman–Crippen MR) is 123 cm³/mol. The van der Waals surface area contributed by atoms with E-state index in [9.17, 15) is 30.0 Å². The molecule has 0 unspecified atom stereocenters. The average Bonchev–Trinajstić information content (AvgIpc) is 2.84. The van der Waals surface area contributed by atoms with Crippen LogP contribution in [-0.2, 0) is 12.8 Å². The molecule has 34 heavy (non-hydrogen) atoms. The third-order valence-corrected chi connectivity index (χ3v) is 7.32. The maximum absolute atomic E-state index is 13.3. The summed E-state index contributed by atoms with van der Waals surface area (Å²) in [7, 11) is 1.39. The molecule has 2 aromatic carbocycles. The Morgan fingerprint density at radius 3 is 2.50 bits per heavy atom. The van der Waals surface area contributed by atoms with Crippen LogP contribution in [0.4, 0.5) is 0 Å². The number of β-amino-alcohol motifs (C(OH)–C–C–N with tert-alkyl or cyclic N) is 1. The van der Waals surface area contributed by atoms with Crippen molar-refractivity contribution in [3.05, 3.63) is 63.7 Å². The van der Waals surface area contributed by atoms with Gasteiger partial charge in [-0.25, -0.2) is 0 Å². The van der Waals surface area contributed by atoms with E-state index >= 15 is 0 Å². The van der Waals surface area contributed by atoms with E-state index in [2.05, 4.69) is 6.08 Å². The minimum absolute atomic E-state index is 0.0514. The first-order chi connectivity index (χ1) is 16.3. The zero-order chi connectivity index (χ0) is 24.2. The molecule has 8 heteroatoms. The number of aliphatic hydroxyl groups is 2. The van der Waals surface area contributed by atoms with Crippen LogP contribution in [0.5, 0.6) is 17.2 Å². The first-order valence-electron chi connectivity index (χ1n) is 11.4. The number of carbonyl (C=O) groups excluding carboxylic acids is 2. The lowest BCUT2D eigenvalue weighted by Gasteiger charge is -2.40. The Morgan fingerprint density at radius 1 is 1.06 bits per heavy atom. The average molecular weight is 466 g/mol. The van der Waals surface area contributed by atoms with E-state index in [1.807, 2.05) is 11.0 Å². The maximum Gasteiger partial charge on any atom is 0.202 e. The van der Waals surface area contributed by atoms with E-state index in [4.69, 9.17) is 4.74 Å². The number of hydrogen-bond donors (Lipinski definition) is 4. The van der Waals surface area contributed by atoms with E-state index in [0.717, 1.165) is 13.0 Å². The summed E-state index contributed by atoms with van der Waals surface area (Å²) in [5, 5.41) is 44.4. The summed E-state index contributed by atoms with van der Waals surface area (Å²) in [6, 6.07) is 4.61. The molecule has 0 bridgehead atoms. The van der Waals surface area contributed by atoms with Crippen LogP contribution >= 0.6 is 0 Å². The topological polar surface area (TPSA) is 128 Å². The summed E-state index contributed by atoms with van der Waals surface area (Å²) in [5.74, 6) is -1.79. The second kappa shape index (κ2) is 8.23. The van der Waals surface area contributed by atoms with Gasteiger partial charge in [-0.15, -0.1) is 0 Å². The summed E-state index contributed by atoms with van der Waals surface area (Å²) in [6.45, 7) is 1.72. The van der Waals surface area contributed by atoms with Crippen LogP contribution in [0.3, 0.4) is 0 Å². The van der Waals surface area contributed by atoms with E-state index in [-0.39, 0.29) is 65.1 Å². The number of hydrogen-bond acceptors (Lipinski definition) is 8. The highest BCUT2D eigenvalue weighted by molar-refractivity contribution is 6.31. The van der Waals surface area contributed by atoms with Crippen LogP contribution in [-0.4, -0.2) is 75.3 Å². The second-order valence-electron chi connectivity index (χ2n) is 9.26. The van der Waals surface area contributed by atoms with Gasteiger partial charge in [-0.2, -0.15) is 0 Å². The Morgan fingerprint density at radius 2 is 1.79 bits per heavy atom. The first kappa shape index (κ1) is 22.6. The fraction of sp³-hybridized carbons (Fsp3) is 0.385. The lowest BCUT2D eigenvalue weighted by Crippen LogP contribution is -2.52. The number of aliphatic hydroxyl groups excluding tert-OH is 1. The number of aromatic hydroxyl groups is 2. The highest BCUT2D eigenvalue weighted by atomic mass is 16.5. The zero-order valence-corrected chi connectivity index (χ0v) is 18.9. The van der Waals surface area contributed by atoms with Gasteiger partial charge in [0.15, 0.2) is 5.78 Å². The molecule has 3 aliphatic rings. The van der Waals surface area contributed by atoms with E-state index in [1.165, 1.54) is 13.2 Å². The van der Waals surface area contributed by atoms with Crippen molar-refractivity contribution in [1.29, 1.82) is 0 Å². The van der Waals surface area contributed by atoms with Crippen molar-refractivity contribution < 1.29 is 34.8 Å². The summed E-state index contributed by atoms with van der Waals surface area (Å²) in [5.41, 5.74) is -1.43. The summed E-state index contributed by atoms with van der Waals surface area (Å²) in [4.78, 5) is 28.7. The SMILES string of the molecule is COc1cccc2c1C(=O)c1c(O)c3c(c(O)c1C2=O)C[C@@](O)([C@H](O)CN1CC=CCC1)CC3. The molecular weight excluding hydrogens is 438 g/mol. The van der Waals surface area contributed by atoms with Gasteiger partial charge in [-0.1, -0.05) is 24.3 Å². The standard InChI is InChI=1S/C26H27NO7/c1-34-17-7-5-6-15-19(17)25(32)21-20(23(15)30)24(31)16-12-26(33,9-8-14(16)22(21)29)18(28)13-27-10-3-2-4-11-27/h2-3,5-7,18,28-29,31,33H,4,8-13H2,1H3/t18-,26-/m1/s1. The van der Waals surface area contributed by atoms with Crippen LogP contribution in [0.2, 0.25) is 0 Å². The maximum atomic E-state index is 13.3. The molecule has 8 nitrogen and oxygen atoms in total. The second-order valence-corrected chi connectivity index (χ2v) is 9.26. The first-order valence-corrected chi connectivity index (χ1v) is 11.4. The fourth-order valence-electron chi connectivity index (χ4n) is 5.40. The molecule has 0 fully saturated rings. The highest BCUT2D eigenvalue weighted by Gasteiger charge is 2.45. The lowest BCUT2D eigenvalue weighted by atomic mass is 9.72. The smallest absolute Gasteiger partial charge is 0.202 e. The van der Waals surface area contributed by atoms with Gasteiger partial charge in [-0.3, -0.25) is 14.5 Å². The van der Waals surface area contributed by atoms with Gasteiger partial charge < -0.3 is 25.2 Å². The molecule has 4 N–H and O–H groups in total. The number of phenols is 2. The molecule has 0 saturated carbocycles. The molecule has 0 spiro atoms. The minimum Gasteiger partial charge on any atom is -0.507 e. The monoisotopic (exact) mass is 465 g/mol. The predicted octanol–water partition coefficient (Wildman–Crippen LogP) is 1.72. The lowest BCUT2D eigenvalue weighted by molar-refractivity contribution is -0.0935. The fourth-order valence-corrected chi connectivity index (χ4v) is 5.40. The molecule has 5 rings (SSSR count). The van der Waals surface area contributed by atoms with E-state index in [0.29, 0.717) is 12.1 Å². The van der Waals surface area contributed by atoms with Crippen molar-refractivity contribution in [2.24, 2.45) is 0 Å². The van der Waals surface area contributed by atoms with Gasteiger partial charge in [0.1, 0.15) is 17.2 Å². The largest absolute Gasteiger partial charge is 0.507 e. The molecular formula is C26H27NO7. The Hall–Kier alpha value is -3.20. The number of phenolic OH excluding ortho intramolecular Hbond substituents is 2. The minimum atomic E-state index is -1.55. The summed E-state index contributed by atoms with van der Waals surface area (Å²) >= 11 is 0. The van der Waals surface area contributed by atoms with Crippen LogP contribution in [0.15, 0.2) is 30.4 Å². The number of ether oxygens (including phenoxy) is 1. The van der Waals surface area contributed by atoms with Crippen molar-refractivity contribution in [3.63, 3.8) is 0 Å². The third-order valence-electron chi connectivity index (χ3n) is 7.32. The Bertz CT molecular complexity index is 1230. The van der Waals surface area contributed by atoms with Crippen LogP contribution in [0, 0.1) is 0 Å². The van der Waals surface area contributed by atoms with Crippen molar-refractivity contribution in [2.45, 2.75) is 37.4 Å². The van der Waals surface area contributed by atoms with Crippen molar-refractivity contribution in [2.75, 3.05) is 26.7 Å². The number of ketones is 2. The number of rotatable bonds is 4. The highest BCUT2D eigenvalue weighted by Crippen LogP contribution is 2.48. The van der Waals surface area contributed by atoms with E-state index < -0.39 is 29.0 Å². The Balaban J connectivity index is 1.55. The molecule has 0 aromatic heterocycles. The number of nitrogens with zero attached hydrogens (tertiary/aromatic N) is 1. The summed E-state index contributed by atoms with van der Waals surface area (Å²) < 4.78 is 5.26. The van der Waals surface area contributed by atoms with Gasteiger partial charge in [0.2, 0.25) is 5.78 Å². The van der Waals surface area contributed by atoms with Gasteiger partial charge in [0, 0.05) is 42.7 Å². The summed E-state index contributed by atoms with van der Waals surface area (Å²) in [6.07, 6.45) is 4.00. The number of fused-ring (bicyclic) bond motifs is 3. The molecule has 1 heterocycles.